The Morgan fingerprint density at radius 1 is 1.19 bits per heavy atom. The molecule has 0 aliphatic carbocycles. The Bertz CT molecular complexity index is 601. The number of amides is 1. The molecule has 0 atom stereocenters. The normalized spacial score (nSPS) is 10.2. The van der Waals surface area contributed by atoms with E-state index >= 15 is 0 Å². The van der Waals surface area contributed by atoms with Gasteiger partial charge in [-0.15, -0.1) is 10.2 Å². The Kier molecular flexibility index (Phi) is 5.20. The van der Waals surface area contributed by atoms with Crippen LogP contribution >= 0.6 is 0 Å². The van der Waals surface area contributed by atoms with Crippen LogP contribution in [0.5, 0.6) is 0 Å². The van der Waals surface area contributed by atoms with Gasteiger partial charge < -0.3 is 10.6 Å². The van der Waals surface area contributed by atoms with Crippen molar-refractivity contribution in [3.05, 3.63) is 53.5 Å². The van der Waals surface area contributed by atoms with Gasteiger partial charge in [-0.05, 0) is 37.1 Å². The minimum absolute atomic E-state index is 0.241. The van der Waals surface area contributed by atoms with Crippen LogP contribution in [0.1, 0.15) is 23.0 Å². The van der Waals surface area contributed by atoms with Crippen molar-refractivity contribution in [2.45, 2.75) is 13.3 Å². The Labute approximate surface area is 122 Å². The van der Waals surface area contributed by atoms with Gasteiger partial charge in [0.25, 0.3) is 5.91 Å². The lowest BCUT2D eigenvalue weighted by molar-refractivity contribution is 0.0948. The summed E-state index contributed by atoms with van der Waals surface area (Å²) in [7, 11) is 0. The second kappa shape index (κ2) is 7.33. The maximum atomic E-state index is 13.4. The van der Waals surface area contributed by atoms with Crippen molar-refractivity contribution in [3.63, 3.8) is 0 Å². The fraction of sp³-hybridized carbons (Fsp3) is 0.267. The van der Waals surface area contributed by atoms with Gasteiger partial charge in [0, 0.05) is 13.1 Å². The second-order valence-corrected chi connectivity index (χ2v) is 4.43. The Morgan fingerprint density at radius 3 is 2.67 bits per heavy atom. The Hall–Kier alpha value is -2.50. The van der Waals surface area contributed by atoms with Crippen LogP contribution in [0.15, 0.2) is 36.4 Å². The highest BCUT2D eigenvalue weighted by atomic mass is 19.1. The number of hydrogen-bond acceptors (Lipinski definition) is 4. The van der Waals surface area contributed by atoms with Crippen molar-refractivity contribution in [3.8, 4) is 0 Å². The zero-order valence-corrected chi connectivity index (χ0v) is 11.8. The van der Waals surface area contributed by atoms with Crippen LogP contribution in [0.25, 0.3) is 0 Å². The van der Waals surface area contributed by atoms with Crippen molar-refractivity contribution >= 4 is 11.7 Å². The van der Waals surface area contributed by atoms with Crippen LogP contribution < -0.4 is 10.6 Å². The van der Waals surface area contributed by atoms with Gasteiger partial charge in [0.05, 0.1) is 0 Å². The molecule has 0 aliphatic heterocycles. The summed E-state index contributed by atoms with van der Waals surface area (Å²) < 4.78 is 13.4. The first-order valence-electron chi connectivity index (χ1n) is 6.80. The first-order chi connectivity index (χ1) is 10.2. The predicted octanol–water partition coefficient (Wildman–Crippen LogP) is 2.02. The number of nitrogens with one attached hydrogen (secondary N) is 2. The molecule has 0 fully saturated rings. The Morgan fingerprint density at radius 2 is 2.00 bits per heavy atom. The maximum absolute atomic E-state index is 13.4. The zero-order chi connectivity index (χ0) is 15.1. The number of nitrogens with zero attached hydrogens (tertiary/aromatic N) is 2. The summed E-state index contributed by atoms with van der Waals surface area (Å²) >= 11 is 0. The van der Waals surface area contributed by atoms with E-state index in [0.29, 0.717) is 24.3 Å². The number of carbonyl (C=O) groups is 1. The summed E-state index contributed by atoms with van der Waals surface area (Å²) in [5.74, 6) is 0.0452. The third-order valence-electron chi connectivity index (χ3n) is 2.89. The van der Waals surface area contributed by atoms with Gasteiger partial charge in [-0.1, -0.05) is 18.2 Å². The van der Waals surface area contributed by atoms with Gasteiger partial charge in [-0.25, -0.2) is 4.39 Å². The molecule has 6 heteroatoms. The van der Waals surface area contributed by atoms with Gasteiger partial charge in [0.15, 0.2) is 5.69 Å². The molecule has 1 aromatic heterocycles. The first kappa shape index (κ1) is 14.9. The van der Waals surface area contributed by atoms with Gasteiger partial charge >= 0.3 is 0 Å². The number of benzene rings is 1. The largest absolute Gasteiger partial charge is 0.369 e. The lowest BCUT2D eigenvalue weighted by Crippen LogP contribution is -2.27. The standard InChI is InChI=1S/C15H17FN4O/c1-2-17-14-8-7-13(19-20-14)15(21)18-10-9-11-5-3-4-6-12(11)16/h3-8H,2,9-10H2,1H3,(H,17,20)(H,18,21). The van der Waals surface area contributed by atoms with E-state index in [-0.39, 0.29) is 17.4 Å². The third kappa shape index (κ3) is 4.24. The SMILES string of the molecule is CCNc1ccc(C(=O)NCCc2ccccc2F)nn1. The molecule has 110 valence electrons. The van der Waals surface area contributed by atoms with E-state index in [1.54, 1.807) is 30.3 Å². The molecule has 1 amide bonds. The molecule has 0 aliphatic rings. The number of halogens is 1. The average molecular weight is 288 g/mol. The molecule has 0 saturated heterocycles. The quantitative estimate of drug-likeness (QED) is 0.853. The Balaban J connectivity index is 1.85. The number of carbonyl (C=O) groups excluding carboxylic acids is 1. The molecule has 0 saturated carbocycles. The maximum Gasteiger partial charge on any atom is 0.271 e. The van der Waals surface area contributed by atoms with Crippen molar-refractivity contribution < 1.29 is 9.18 Å². The van der Waals surface area contributed by atoms with Gasteiger partial charge in [0.2, 0.25) is 0 Å². The van der Waals surface area contributed by atoms with Crippen LogP contribution in [-0.2, 0) is 6.42 Å². The monoisotopic (exact) mass is 288 g/mol. The number of hydrogen-bond donors (Lipinski definition) is 2. The van der Waals surface area contributed by atoms with E-state index in [2.05, 4.69) is 20.8 Å². The first-order valence-corrected chi connectivity index (χ1v) is 6.80. The van der Waals surface area contributed by atoms with E-state index in [1.165, 1.54) is 6.07 Å². The lowest BCUT2D eigenvalue weighted by atomic mass is 10.1. The van der Waals surface area contributed by atoms with E-state index in [9.17, 15) is 9.18 Å². The summed E-state index contributed by atoms with van der Waals surface area (Å²) in [4.78, 5) is 11.9. The van der Waals surface area contributed by atoms with Crippen LogP contribution in [0, 0.1) is 5.82 Å². The van der Waals surface area contributed by atoms with Gasteiger partial charge in [0.1, 0.15) is 11.6 Å². The van der Waals surface area contributed by atoms with Crippen LogP contribution in [0.2, 0.25) is 0 Å². The fourth-order valence-corrected chi connectivity index (χ4v) is 1.83. The van der Waals surface area contributed by atoms with E-state index < -0.39 is 0 Å². The van der Waals surface area contributed by atoms with Crippen molar-refractivity contribution in [2.24, 2.45) is 0 Å². The molecule has 0 unspecified atom stereocenters. The number of aromatic nitrogens is 2. The fourth-order valence-electron chi connectivity index (χ4n) is 1.83. The molecule has 2 rings (SSSR count). The molecule has 0 radical (unpaired) electrons. The molecule has 1 heterocycles. The smallest absolute Gasteiger partial charge is 0.271 e. The number of rotatable bonds is 6. The molecular weight excluding hydrogens is 271 g/mol. The van der Waals surface area contributed by atoms with Crippen LogP contribution in [0.4, 0.5) is 10.2 Å². The van der Waals surface area contributed by atoms with Crippen LogP contribution in [-0.4, -0.2) is 29.2 Å². The highest BCUT2D eigenvalue weighted by Crippen LogP contribution is 2.06. The molecule has 21 heavy (non-hydrogen) atoms. The topological polar surface area (TPSA) is 66.9 Å². The minimum Gasteiger partial charge on any atom is -0.369 e. The van der Waals surface area contributed by atoms with Gasteiger partial charge in [-0.3, -0.25) is 4.79 Å². The molecule has 5 nitrogen and oxygen atoms in total. The molecule has 1 aromatic carbocycles. The summed E-state index contributed by atoms with van der Waals surface area (Å²) in [6.07, 6.45) is 0.432. The minimum atomic E-state index is -0.318. The van der Waals surface area contributed by atoms with Crippen molar-refractivity contribution in [2.75, 3.05) is 18.4 Å². The zero-order valence-electron chi connectivity index (χ0n) is 11.8. The van der Waals surface area contributed by atoms with E-state index in [0.717, 1.165) is 6.54 Å². The molecule has 2 N–H and O–H groups in total. The van der Waals surface area contributed by atoms with Crippen molar-refractivity contribution in [1.29, 1.82) is 0 Å². The molecule has 0 spiro atoms. The molecular formula is C15H17FN4O. The summed E-state index contributed by atoms with van der Waals surface area (Å²) in [5, 5.41) is 13.4. The van der Waals surface area contributed by atoms with Crippen molar-refractivity contribution in [1.82, 2.24) is 15.5 Å². The lowest BCUT2D eigenvalue weighted by Gasteiger charge is -2.06. The second-order valence-electron chi connectivity index (χ2n) is 4.43. The molecule has 0 bridgehead atoms. The summed E-state index contributed by atoms with van der Waals surface area (Å²) in [6.45, 7) is 3.03. The third-order valence-corrected chi connectivity index (χ3v) is 2.89. The van der Waals surface area contributed by atoms with Gasteiger partial charge in [-0.2, -0.15) is 0 Å². The highest BCUT2D eigenvalue weighted by molar-refractivity contribution is 5.92. The van der Waals surface area contributed by atoms with Crippen LogP contribution in [0.3, 0.4) is 0 Å². The summed E-state index contributed by atoms with van der Waals surface area (Å²) in [6, 6.07) is 9.81. The average Bonchev–Trinajstić information content (AvgIpc) is 2.50. The summed E-state index contributed by atoms with van der Waals surface area (Å²) in [5.41, 5.74) is 0.816. The highest BCUT2D eigenvalue weighted by Gasteiger charge is 2.08. The van der Waals surface area contributed by atoms with E-state index in [1.807, 2.05) is 6.92 Å². The predicted molar refractivity (Wildman–Crippen MR) is 78.6 cm³/mol. The molecule has 2 aromatic rings. The van der Waals surface area contributed by atoms with E-state index in [4.69, 9.17) is 0 Å². The number of anilines is 1.